The first kappa shape index (κ1) is 17.2. The molecule has 1 unspecified atom stereocenters. The number of benzene rings is 1. The summed E-state index contributed by atoms with van der Waals surface area (Å²) >= 11 is 0. The SMILES string of the molecule is NC1CCCCN(CC(=O)NCc2c[nH]c(=O)c3ccccc23)C1=O. The molecule has 1 fully saturated rings. The molecule has 25 heavy (non-hydrogen) atoms. The van der Waals surface area contributed by atoms with Crippen LogP contribution in [0.25, 0.3) is 10.8 Å². The van der Waals surface area contributed by atoms with Crippen molar-refractivity contribution in [2.75, 3.05) is 13.1 Å². The molecule has 0 aliphatic carbocycles. The van der Waals surface area contributed by atoms with Crippen molar-refractivity contribution < 1.29 is 9.59 Å². The quantitative estimate of drug-likeness (QED) is 0.751. The van der Waals surface area contributed by atoms with E-state index in [0.29, 0.717) is 18.4 Å². The molecule has 1 atom stereocenters. The molecule has 7 nitrogen and oxygen atoms in total. The van der Waals surface area contributed by atoms with Crippen LogP contribution in [0.1, 0.15) is 24.8 Å². The Labute approximate surface area is 145 Å². The minimum Gasteiger partial charge on any atom is -0.350 e. The molecule has 7 heteroatoms. The number of likely N-dealkylation sites (tertiary alicyclic amines) is 1. The van der Waals surface area contributed by atoms with Crippen LogP contribution in [0.2, 0.25) is 0 Å². The molecule has 132 valence electrons. The van der Waals surface area contributed by atoms with Crippen LogP contribution in [0.3, 0.4) is 0 Å². The Morgan fingerprint density at radius 3 is 2.80 bits per heavy atom. The summed E-state index contributed by atoms with van der Waals surface area (Å²) in [4.78, 5) is 40.4. The zero-order valence-electron chi connectivity index (χ0n) is 14.0. The lowest BCUT2D eigenvalue weighted by molar-refractivity contribution is -0.136. The first-order chi connectivity index (χ1) is 12.1. The number of fused-ring (bicyclic) bond motifs is 1. The minimum atomic E-state index is -0.515. The number of hydrogen-bond acceptors (Lipinski definition) is 4. The van der Waals surface area contributed by atoms with Crippen molar-refractivity contribution in [3.63, 3.8) is 0 Å². The normalized spacial score (nSPS) is 18.2. The van der Waals surface area contributed by atoms with Crippen molar-refractivity contribution in [3.05, 3.63) is 46.4 Å². The monoisotopic (exact) mass is 342 g/mol. The average Bonchev–Trinajstić information content (AvgIpc) is 2.77. The van der Waals surface area contributed by atoms with Gasteiger partial charge in [0, 0.05) is 24.7 Å². The molecule has 0 saturated carbocycles. The lowest BCUT2D eigenvalue weighted by atomic mass is 10.1. The number of carbonyl (C=O) groups excluding carboxylic acids is 2. The fraction of sp³-hybridized carbons (Fsp3) is 0.389. The summed E-state index contributed by atoms with van der Waals surface area (Å²) < 4.78 is 0. The third-order valence-electron chi connectivity index (χ3n) is 4.53. The molecule has 2 aromatic rings. The Balaban J connectivity index is 1.66. The van der Waals surface area contributed by atoms with E-state index in [0.717, 1.165) is 23.8 Å². The summed E-state index contributed by atoms with van der Waals surface area (Å²) in [6.45, 7) is 0.847. The second kappa shape index (κ2) is 7.48. The molecule has 0 spiro atoms. The first-order valence-electron chi connectivity index (χ1n) is 8.46. The van der Waals surface area contributed by atoms with Crippen LogP contribution in [0, 0.1) is 0 Å². The number of nitrogens with one attached hydrogen (secondary N) is 2. The highest BCUT2D eigenvalue weighted by Gasteiger charge is 2.25. The number of nitrogens with zero attached hydrogens (tertiary/aromatic N) is 1. The van der Waals surface area contributed by atoms with E-state index in [-0.39, 0.29) is 30.5 Å². The van der Waals surface area contributed by atoms with E-state index in [2.05, 4.69) is 10.3 Å². The number of H-pyrrole nitrogens is 1. The van der Waals surface area contributed by atoms with Crippen molar-refractivity contribution >= 4 is 22.6 Å². The van der Waals surface area contributed by atoms with Crippen LogP contribution >= 0.6 is 0 Å². The van der Waals surface area contributed by atoms with Gasteiger partial charge in [-0.3, -0.25) is 14.4 Å². The predicted octanol–water partition coefficient (Wildman–Crippen LogP) is 0.484. The lowest BCUT2D eigenvalue weighted by Crippen LogP contribution is -2.46. The molecule has 2 amide bonds. The average molecular weight is 342 g/mol. The van der Waals surface area contributed by atoms with Crippen molar-refractivity contribution in [2.45, 2.75) is 31.8 Å². The van der Waals surface area contributed by atoms with Gasteiger partial charge in [0.2, 0.25) is 11.8 Å². The summed E-state index contributed by atoms with van der Waals surface area (Å²) in [5, 5.41) is 4.21. The van der Waals surface area contributed by atoms with Crippen LogP contribution in [-0.2, 0) is 16.1 Å². The summed E-state index contributed by atoms with van der Waals surface area (Å²) in [6, 6.07) is 6.73. The zero-order valence-corrected chi connectivity index (χ0v) is 14.0. The molecule has 3 rings (SSSR count). The van der Waals surface area contributed by atoms with Gasteiger partial charge in [0.05, 0.1) is 12.6 Å². The standard InChI is InChI=1S/C18H22N4O3/c19-15-7-3-4-8-22(18(15)25)11-16(23)20-9-12-10-21-17(24)14-6-2-1-5-13(12)14/h1-2,5-6,10,15H,3-4,7-9,11,19H2,(H,20,23)(H,21,24). The Bertz CT molecular complexity index is 846. The third-order valence-corrected chi connectivity index (χ3v) is 4.53. The maximum Gasteiger partial charge on any atom is 0.255 e. The van der Waals surface area contributed by atoms with E-state index in [1.165, 1.54) is 4.90 Å². The topological polar surface area (TPSA) is 108 Å². The van der Waals surface area contributed by atoms with Crippen molar-refractivity contribution in [1.82, 2.24) is 15.2 Å². The van der Waals surface area contributed by atoms with E-state index in [4.69, 9.17) is 5.73 Å². The van der Waals surface area contributed by atoms with E-state index in [9.17, 15) is 14.4 Å². The predicted molar refractivity (Wildman–Crippen MR) is 94.8 cm³/mol. The van der Waals surface area contributed by atoms with Gasteiger partial charge in [0.15, 0.2) is 0 Å². The van der Waals surface area contributed by atoms with Gasteiger partial charge < -0.3 is 20.9 Å². The maximum absolute atomic E-state index is 12.2. The molecule has 1 aromatic heterocycles. The van der Waals surface area contributed by atoms with Crippen molar-refractivity contribution in [3.8, 4) is 0 Å². The van der Waals surface area contributed by atoms with E-state index >= 15 is 0 Å². The van der Waals surface area contributed by atoms with Gasteiger partial charge in [0.1, 0.15) is 0 Å². The van der Waals surface area contributed by atoms with Crippen molar-refractivity contribution in [1.29, 1.82) is 0 Å². The lowest BCUT2D eigenvalue weighted by Gasteiger charge is -2.22. The highest BCUT2D eigenvalue weighted by atomic mass is 16.2. The van der Waals surface area contributed by atoms with Crippen LogP contribution < -0.4 is 16.6 Å². The van der Waals surface area contributed by atoms with Crippen molar-refractivity contribution in [2.24, 2.45) is 5.73 Å². The summed E-state index contributed by atoms with van der Waals surface area (Å²) in [6.07, 6.45) is 4.03. The fourth-order valence-corrected chi connectivity index (χ4v) is 3.13. The zero-order chi connectivity index (χ0) is 17.8. The van der Waals surface area contributed by atoms with E-state index < -0.39 is 6.04 Å². The molecule has 4 N–H and O–H groups in total. The molecule has 0 radical (unpaired) electrons. The van der Waals surface area contributed by atoms with E-state index in [1.54, 1.807) is 18.3 Å². The largest absolute Gasteiger partial charge is 0.350 e. The van der Waals surface area contributed by atoms with Gasteiger partial charge in [-0.05, 0) is 36.3 Å². The van der Waals surface area contributed by atoms with Gasteiger partial charge in [-0.2, -0.15) is 0 Å². The number of carbonyl (C=O) groups is 2. The number of amides is 2. The Hall–Kier alpha value is -2.67. The molecular formula is C18H22N4O3. The molecule has 0 bridgehead atoms. The molecule has 1 aromatic carbocycles. The van der Waals surface area contributed by atoms with Gasteiger partial charge in [-0.1, -0.05) is 18.2 Å². The smallest absolute Gasteiger partial charge is 0.255 e. The summed E-state index contributed by atoms with van der Waals surface area (Å²) in [5.74, 6) is -0.403. The van der Waals surface area contributed by atoms with Crippen LogP contribution in [-0.4, -0.2) is 40.8 Å². The second-order valence-corrected chi connectivity index (χ2v) is 6.33. The highest BCUT2D eigenvalue weighted by molar-refractivity contribution is 5.88. The van der Waals surface area contributed by atoms with Crippen LogP contribution in [0.15, 0.2) is 35.3 Å². The van der Waals surface area contributed by atoms with E-state index in [1.807, 2.05) is 12.1 Å². The molecular weight excluding hydrogens is 320 g/mol. The van der Waals surface area contributed by atoms with Gasteiger partial charge in [-0.15, -0.1) is 0 Å². The third kappa shape index (κ3) is 3.88. The Kier molecular flexibility index (Phi) is 5.14. The summed E-state index contributed by atoms with van der Waals surface area (Å²) in [5.41, 5.74) is 6.49. The first-order valence-corrected chi connectivity index (χ1v) is 8.46. The number of hydrogen-bond donors (Lipinski definition) is 3. The Morgan fingerprint density at radius 2 is 2.00 bits per heavy atom. The number of nitrogens with two attached hydrogens (primary N) is 1. The molecule has 1 aliphatic heterocycles. The highest BCUT2D eigenvalue weighted by Crippen LogP contribution is 2.14. The Morgan fingerprint density at radius 1 is 1.24 bits per heavy atom. The van der Waals surface area contributed by atoms with Crippen LogP contribution in [0.4, 0.5) is 0 Å². The number of pyridine rings is 1. The fourth-order valence-electron chi connectivity index (χ4n) is 3.13. The van der Waals surface area contributed by atoms with Crippen LogP contribution in [0.5, 0.6) is 0 Å². The molecule has 2 heterocycles. The summed E-state index contributed by atoms with van der Waals surface area (Å²) in [7, 11) is 0. The molecule has 1 saturated heterocycles. The van der Waals surface area contributed by atoms with Gasteiger partial charge in [-0.25, -0.2) is 0 Å². The maximum atomic E-state index is 12.2. The number of aromatic nitrogens is 1. The number of aromatic amines is 1. The number of rotatable bonds is 4. The second-order valence-electron chi connectivity index (χ2n) is 6.33. The molecule has 1 aliphatic rings. The van der Waals surface area contributed by atoms with Gasteiger partial charge in [0.25, 0.3) is 5.56 Å². The minimum absolute atomic E-state index is 0.00776. The van der Waals surface area contributed by atoms with Gasteiger partial charge >= 0.3 is 0 Å².